The molecule has 1 fully saturated rings. The summed E-state index contributed by atoms with van der Waals surface area (Å²) in [5.74, 6) is 1.34. The number of hydrogen-bond donors (Lipinski definition) is 0. The lowest BCUT2D eigenvalue weighted by Crippen LogP contribution is -2.29. The van der Waals surface area contributed by atoms with Gasteiger partial charge in [-0.05, 0) is 37.7 Å². The van der Waals surface area contributed by atoms with Gasteiger partial charge in [0.1, 0.15) is 0 Å². The molecule has 0 saturated carbocycles. The minimum absolute atomic E-state index is 0.0869. The maximum atomic E-state index is 12.9. The average molecular weight is 295 g/mol. The Hall–Kier alpha value is -2.10. The molecule has 2 heterocycles. The average Bonchev–Trinajstić information content (AvgIpc) is 3.08. The number of fused-ring (bicyclic) bond motifs is 2. The lowest BCUT2D eigenvalue weighted by atomic mass is 9.83. The van der Waals surface area contributed by atoms with Crippen molar-refractivity contribution >= 4 is 16.8 Å². The summed E-state index contributed by atoms with van der Waals surface area (Å²) in [6.07, 6.45) is 4.59. The number of amides is 1. The highest BCUT2D eigenvalue weighted by atomic mass is 16.2. The van der Waals surface area contributed by atoms with E-state index in [2.05, 4.69) is 18.1 Å². The van der Waals surface area contributed by atoms with Crippen LogP contribution in [-0.4, -0.2) is 33.7 Å². The molecule has 0 N–H and O–H groups in total. The number of rotatable bonds is 1. The van der Waals surface area contributed by atoms with Crippen molar-refractivity contribution in [3.8, 4) is 0 Å². The van der Waals surface area contributed by atoms with Crippen LogP contribution in [0.3, 0.4) is 0 Å². The molecule has 2 aliphatic rings. The number of aryl methyl sites for hydroxylation is 1. The second-order valence-corrected chi connectivity index (χ2v) is 6.71. The molecule has 0 spiro atoms. The summed E-state index contributed by atoms with van der Waals surface area (Å²) in [4.78, 5) is 14.9. The van der Waals surface area contributed by atoms with Gasteiger partial charge in [0.15, 0.2) is 5.69 Å². The molecule has 1 aromatic heterocycles. The Balaban J connectivity index is 1.62. The Morgan fingerprint density at radius 2 is 2.00 bits per heavy atom. The van der Waals surface area contributed by atoms with E-state index in [1.165, 1.54) is 5.57 Å². The first kappa shape index (κ1) is 13.6. The monoisotopic (exact) mass is 295 g/mol. The molecule has 0 unspecified atom stereocenters. The van der Waals surface area contributed by atoms with Gasteiger partial charge in [0.25, 0.3) is 5.91 Å². The molecule has 114 valence electrons. The molecule has 1 amide bonds. The van der Waals surface area contributed by atoms with E-state index in [-0.39, 0.29) is 5.91 Å². The quantitative estimate of drug-likeness (QED) is 0.759. The van der Waals surface area contributed by atoms with Gasteiger partial charge in [-0.1, -0.05) is 29.8 Å². The molecule has 2 aromatic rings. The van der Waals surface area contributed by atoms with E-state index in [0.717, 1.165) is 36.8 Å². The fraction of sp³-hybridized carbons (Fsp3) is 0.444. The Morgan fingerprint density at radius 3 is 2.86 bits per heavy atom. The number of para-hydroxylation sites is 1. The van der Waals surface area contributed by atoms with Gasteiger partial charge in [-0.25, -0.2) is 0 Å². The number of likely N-dealkylation sites (tertiary alicyclic amines) is 1. The van der Waals surface area contributed by atoms with Crippen LogP contribution in [0, 0.1) is 11.8 Å². The molecule has 0 bridgehead atoms. The van der Waals surface area contributed by atoms with Gasteiger partial charge in [0, 0.05) is 25.5 Å². The van der Waals surface area contributed by atoms with Crippen molar-refractivity contribution in [1.29, 1.82) is 0 Å². The molecule has 4 rings (SSSR count). The van der Waals surface area contributed by atoms with Gasteiger partial charge in [-0.15, -0.1) is 0 Å². The first-order valence-electron chi connectivity index (χ1n) is 8.00. The summed E-state index contributed by atoms with van der Waals surface area (Å²) < 4.78 is 1.80. The highest BCUT2D eigenvalue weighted by molar-refractivity contribution is 6.04. The summed E-state index contributed by atoms with van der Waals surface area (Å²) in [6.45, 7) is 3.95. The first-order chi connectivity index (χ1) is 10.6. The van der Waals surface area contributed by atoms with E-state index in [9.17, 15) is 4.79 Å². The smallest absolute Gasteiger partial charge is 0.275 e. The third-order valence-electron chi connectivity index (χ3n) is 5.18. The lowest BCUT2D eigenvalue weighted by molar-refractivity contribution is 0.0779. The maximum Gasteiger partial charge on any atom is 0.275 e. The highest BCUT2D eigenvalue weighted by Gasteiger charge is 2.37. The van der Waals surface area contributed by atoms with Crippen LogP contribution in [0.2, 0.25) is 0 Å². The molecular formula is C18H21N3O. The number of carbonyl (C=O) groups is 1. The Bertz CT molecular complexity index is 774. The maximum absolute atomic E-state index is 12.9. The minimum Gasteiger partial charge on any atom is -0.337 e. The number of benzene rings is 1. The lowest BCUT2D eigenvalue weighted by Gasteiger charge is -2.21. The van der Waals surface area contributed by atoms with Crippen LogP contribution in [0.4, 0.5) is 0 Å². The zero-order valence-electron chi connectivity index (χ0n) is 13.1. The van der Waals surface area contributed by atoms with Gasteiger partial charge in [0.05, 0.1) is 5.52 Å². The van der Waals surface area contributed by atoms with E-state index in [1.54, 1.807) is 4.68 Å². The Kier molecular flexibility index (Phi) is 3.06. The molecule has 1 saturated heterocycles. The first-order valence-corrected chi connectivity index (χ1v) is 8.00. The van der Waals surface area contributed by atoms with E-state index in [4.69, 9.17) is 0 Å². The number of hydrogen-bond acceptors (Lipinski definition) is 2. The Labute approximate surface area is 130 Å². The van der Waals surface area contributed by atoms with Crippen LogP contribution in [0.1, 0.15) is 30.3 Å². The van der Waals surface area contributed by atoms with Crippen molar-refractivity contribution in [2.75, 3.05) is 13.1 Å². The van der Waals surface area contributed by atoms with Gasteiger partial charge in [-0.2, -0.15) is 5.10 Å². The van der Waals surface area contributed by atoms with Gasteiger partial charge >= 0.3 is 0 Å². The predicted octanol–water partition coefficient (Wildman–Crippen LogP) is 3.00. The second kappa shape index (κ2) is 4.97. The normalized spacial score (nSPS) is 24.5. The largest absolute Gasteiger partial charge is 0.337 e. The van der Waals surface area contributed by atoms with Crippen LogP contribution >= 0.6 is 0 Å². The van der Waals surface area contributed by atoms with Crippen molar-refractivity contribution < 1.29 is 4.79 Å². The molecule has 4 nitrogen and oxygen atoms in total. The van der Waals surface area contributed by atoms with Crippen molar-refractivity contribution in [3.63, 3.8) is 0 Å². The van der Waals surface area contributed by atoms with Gasteiger partial charge in [-0.3, -0.25) is 9.48 Å². The fourth-order valence-electron chi connectivity index (χ4n) is 3.97. The zero-order chi connectivity index (χ0) is 15.3. The summed E-state index contributed by atoms with van der Waals surface area (Å²) in [6, 6.07) is 7.95. The summed E-state index contributed by atoms with van der Waals surface area (Å²) in [5, 5.41) is 5.44. The van der Waals surface area contributed by atoms with Crippen LogP contribution in [0.25, 0.3) is 10.9 Å². The minimum atomic E-state index is 0.0869. The van der Waals surface area contributed by atoms with Crippen molar-refractivity contribution in [3.05, 3.63) is 41.6 Å². The molecule has 1 aliphatic heterocycles. The van der Waals surface area contributed by atoms with Crippen molar-refractivity contribution in [2.24, 2.45) is 18.9 Å². The summed E-state index contributed by atoms with van der Waals surface area (Å²) in [5.41, 5.74) is 3.08. The highest BCUT2D eigenvalue weighted by Crippen LogP contribution is 2.36. The zero-order valence-corrected chi connectivity index (χ0v) is 13.1. The molecular weight excluding hydrogens is 274 g/mol. The molecule has 2 atom stereocenters. The third kappa shape index (κ3) is 2.05. The molecule has 1 aromatic carbocycles. The van der Waals surface area contributed by atoms with Crippen LogP contribution in [0.5, 0.6) is 0 Å². The van der Waals surface area contributed by atoms with Crippen molar-refractivity contribution in [2.45, 2.75) is 19.8 Å². The van der Waals surface area contributed by atoms with Crippen LogP contribution < -0.4 is 0 Å². The van der Waals surface area contributed by atoms with E-state index in [0.29, 0.717) is 17.5 Å². The van der Waals surface area contributed by atoms with Gasteiger partial charge in [0.2, 0.25) is 0 Å². The molecule has 0 radical (unpaired) electrons. The van der Waals surface area contributed by atoms with E-state index < -0.39 is 0 Å². The van der Waals surface area contributed by atoms with E-state index in [1.807, 2.05) is 36.2 Å². The third-order valence-corrected chi connectivity index (χ3v) is 5.18. The topological polar surface area (TPSA) is 38.1 Å². The summed E-state index contributed by atoms with van der Waals surface area (Å²) in [7, 11) is 1.90. The Morgan fingerprint density at radius 1 is 1.23 bits per heavy atom. The molecule has 4 heteroatoms. The second-order valence-electron chi connectivity index (χ2n) is 6.71. The number of carbonyl (C=O) groups excluding carboxylic acids is 1. The fourth-order valence-corrected chi connectivity index (χ4v) is 3.97. The SMILES string of the molecule is CC1=CC[C@@H]2CN(C(=O)c3nn(C)c4ccccc34)C[C@@H]2C1. The van der Waals surface area contributed by atoms with E-state index >= 15 is 0 Å². The van der Waals surface area contributed by atoms with Crippen LogP contribution in [-0.2, 0) is 7.05 Å². The molecule has 1 aliphatic carbocycles. The molecule has 22 heavy (non-hydrogen) atoms. The predicted molar refractivity (Wildman–Crippen MR) is 86.6 cm³/mol. The van der Waals surface area contributed by atoms with Crippen molar-refractivity contribution in [1.82, 2.24) is 14.7 Å². The van der Waals surface area contributed by atoms with Crippen LogP contribution in [0.15, 0.2) is 35.9 Å². The van der Waals surface area contributed by atoms with Gasteiger partial charge < -0.3 is 4.90 Å². The standard InChI is InChI=1S/C18H21N3O/c1-12-7-8-13-10-21(11-14(13)9-12)18(22)17-15-5-3-4-6-16(15)20(2)19-17/h3-7,13-14H,8-11H2,1-2H3/t13-,14+/m1/s1. The number of allylic oxidation sites excluding steroid dienone is 2. The number of nitrogens with zero attached hydrogens (tertiary/aromatic N) is 3. The summed E-state index contributed by atoms with van der Waals surface area (Å²) >= 11 is 0. The number of aromatic nitrogens is 2.